The second-order valence-electron chi connectivity index (χ2n) is 3.53. The maximum Gasteiger partial charge on any atom is 0.159 e. The fourth-order valence-electron chi connectivity index (χ4n) is 1.64. The minimum Gasteiger partial charge on any atom is -0.308 e. The number of nitrogens with zero attached hydrogens (tertiary/aromatic N) is 2. The topological polar surface area (TPSA) is 37.8 Å². The van der Waals surface area contributed by atoms with Crippen molar-refractivity contribution in [3.8, 4) is 0 Å². The monoisotopic (exact) mass is 235 g/mol. The van der Waals surface area contributed by atoms with E-state index in [4.69, 9.17) is 0 Å². The van der Waals surface area contributed by atoms with Crippen molar-refractivity contribution in [2.45, 2.75) is 6.04 Å². The fraction of sp³-hybridized carbons (Fsp3) is 0.167. The predicted octanol–water partition coefficient (Wildman–Crippen LogP) is 2.06. The number of halogens is 2. The van der Waals surface area contributed by atoms with Gasteiger partial charge in [0.05, 0.1) is 17.9 Å². The lowest BCUT2D eigenvalue weighted by atomic mass is 10.0. The van der Waals surface area contributed by atoms with Crippen LogP contribution in [0.2, 0.25) is 0 Å². The van der Waals surface area contributed by atoms with Crippen LogP contribution < -0.4 is 5.32 Å². The van der Waals surface area contributed by atoms with Gasteiger partial charge in [0.15, 0.2) is 11.6 Å². The summed E-state index contributed by atoms with van der Waals surface area (Å²) in [5.41, 5.74) is 1.26. The van der Waals surface area contributed by atoms with E-state index in [1.807, 2.05) is 0 Å². The molecule has 0 aliphatic rings. The molecule has 0 bridgehead atoms. The summed E-state index contributed by atoms with van der Waals surface area (Å²) in [6.07, 6.45) is 4.70. The SMILES string of the molecule is CNC(c1ccc(F)c(F)c1)c1cnccn1. The molecule has 0 saturated heterocycles. The van der Waals surface area contributed by atoms with E-state index in [1.165, 1.54) is 6.07 Å². The lowest BCUT2D eigenvalue weighted by Crippen LogP contribution is -2.19. The number of benzene rings is 1. The van der Waals surface area contributed by atoms with Crippen LogP contribution in [-0.4, -0.2) is 17.0 Å². The smallest absolute Gasteiger partial charge is 0.159 e. The van der Waals surface area contributed by atoms with Gasteiger partial charge in [-0.25, -0.2) is 8.78 Å². The quantitative estimate of drug-likeness (QED) is 0.884. The van der Waals surface area contributed by atoms with E-state index in [1.54, 1.807) is 25.6 Å². The molecule has 0 fully saturated rings. The molecule has 1 aromatic carbocycles. The van der Waals surface area contributed by atoms with Gasteiger partial charge in [0.1, 0.15) is 0 Å². The van der Waals surface area contributed by atoms with Gasteiger partial charge < -0.3 is 5.32 Å². The van der Waals surface area contributed by atoms with Gasteiger partial charge in [-0.3, -0.25) is 9.97 Å². The molecule has 2 aromatic rings. The summed E-state index contributed by atoms with van der Waals surface area (Å²) < 4.78 is 26.0. The van der Waals surface area contributed by atoms with Crippen LogP contribution in [0.15, 0.2) is 36.8 Å². The highest BCUT2D eigenvalue weighted by atomic mass is 19.2. The van der Waals surface area contributed by atoms with Crippen molar-refractivity contribution >= 4 is 0 Å². The standard InChI is InChI=1S/C12H11F2N3/c1-15-12(11-7-16-4-5-17-11)8-2-3-9(13)10(14)6-8/h2-7,12,15H,1H3. The maximum atomic E-state index is 13.2. The van der Waals surface area contributed by atoms with Gasteiger partial charge in [-0.2, -0.15) is 0 Å². The Morgan fingerprint density at radius 2 is 2.00 bits per heavy atom. The largest absolute Gasteiger partial charge is 0.308 e. The van der Waals surface area contributed by atoms with Gasteiger partial charge in [0, 0.05) is 12.4 Å². The van der Waals surface area contributed by atoms with Crippen molar-refractivity contribution in [3.63, 3.8) is 0 Å². The van der Waals surface area contributed by atoms with Gasteiger partial charge in [-0.05, 0) is 24.7 Å². The van der Waals surface area contributed by atoms with Crippen LogP contribution in [0, 0.1) is 11.6 Å². The normalized spacial score (nSPS) is 12.4. The molecule has 2 rings (SSSR count). The first-order chi connectivity index (χ1) is 8.22. The van der Waals surface area contributed by atoms with Crippen molar-refractivity contribution in [2.24, 2.45) is 0 Å². The fourth-order valence-corrected chi connectivity index (χ4v) is 1.64. The molecule has 88 valence electrons. The van der Waals surface area contributed by atoms with E-state index >= 15 is 0 Å². The molecule has 3 nitrogen and oxygen atoms in total. The summed E-state index contributed by atoms with van der Waals surface area (Å²) >= 11 is 0. The van der Waals surface area contributed by atoms with Crippen LogP contribution in [0.3, 0.4) is 0 Å². The summed E-state index contributed by atoms with van der Waals surface area (Å²) in [6, 6.07) is 3.48. The first-order valence-corrected chi connectivity index (χ1v) is 5.10. The van der Waals surface area contributed by atoms with Crippen molar-refractivity contribution in [2.75, 3.05) is 7.05 Å². The summed E-state index contributed by atoms with van der Waals surface area (Å²) in [5.74, 6) is -1.73. The third-order valence-electron chi connectivity index (χ3n) is 2.44. The molecule has 1 atom stereocenters. The molecule has 1 heterocycles. The zero-order chi connectivity index (χ0) is 12.3. The molecular weight excluding hydrogens is 224 g/mol. The van der Waals surface area contributed by atoms with Gasteiger partial charge in [-0.15, -0.1) is 0 Å². The molecule has 0 radical (unpaired) electrons. The van der Waals surface area contributed by atoms with Crippen LogP contribution in [0.25, 0.3) is 0 Å². The molecule has 0 amide bonds. The average molecular weight is 235 g/mol. The number of hydrogen-bond donors (Lipinski definition) is 1. The Morgan fingerprint density at radius 1 is 1.18 bits per heavy atom. The predicted molar refractivity (Wildman–Crippen MR) is 59.3 cm³/mol. The van der Waals surface area contributed by atoms with E-state index < -0.39 is 11.6 Å². The maximum absolute atomic E-state index is 13.2. The first-order valence-electron chi connectivity index (χ1n) is 5.10. The first kappa shape index (κ1) is 11.6. The molecule has 17 heavy (non-hydrogen) atoms. The molecule has 0 aliphatic heterocycles. The average Bonchev–Trinajstić information content (AvgIpc) is 2.36. The minimum atomic E-state index is -0.869. The number of hydrogen-bond acceptors (Lipinski definition) is 3. The van der Waals surface area contributed by atoms with Crippen molar-refractivity contribution in [1.29, 1.82) is 0 Å². The Hall–Kier alpha value is -1.88. The van der Waals surface area contributed by atoms with Gasteiger partial charge >= 0.3 is 0 Å². The van der Waals surface area contributed by atoms with Crippen LogP contribution in [0.4, 0.5) is 8.78 Å². The van der Waals surface area contributed by atoms with Gasteiger partial charge in [0.2, 0.25) is 0 Å². The zero-order valence-corrected chi connectivity index (χ0v) is 9.19. The van der Waals surface area contributed by atoms with Gasteiger partial charge in [0.25, 0.3) is 0 Å². The minimum absolute atomic E-state index is 0.307. The van der Waals surface area contributed by atoms with Crippen molar-refractivity contribution in [1.82, 2.24) is 15.3 Å². The number of nitrogens with one attached hydrogen (secondary N) is 1. The second-order valence-corrected chi connectivity index (χ2v) is 3.53. The van der Waals surface area contributed by atoms with E-state index in [0.29, 0.717) is 11.3 Å². The molecule has 1 aromatic heterocycles. The lowest BCUT2D eigenvalue weighted by Gasteiger charge is -2.15. The third kappa shape index (κ3) is 2.45. The van der Waals surface area contributed by atoms with Crippen LogP contribution in [0.5, 0.6) is 0 Å². The second kappa shape index (κ2) is 4.97. The Kier molecular flexibility index (Phi) is 3.39. The Balaban J connectivity index is 2.39. The Labute approximate surface area is 97.5 Å². The molecule has 0 saturated carbocycles. The molecule has 5 heteroatoms. The van der Waals surface area contributed by atoms with Crippen molar-refractivity contribution < 1.29 is 8.78 Å². The van der Waals surface area contributed by atoms with Crippen molar-refractivity contribution in [3.05, 3.63) is 59.7 Å². The summed E-state index contributed by atoms with van der Waals surface area (Å²) in [5, 5.41) is 2.99. The Bertz CT molecular complexity index is 502. The van der Waals surface area contributed by atoms with Crippen LogP contribution in [-0.2, 0) is 0 Å². The number of rotatable bonds is 3. The lowest BCUT2D eigenvalue weighted by molar-refractivity contribution is 0.504. The van der Waals surface area contributed by atoms with Gasteiger partial charge in [-0.1, -0.05) is 6.07 Å². The highest BCUT2D eigenvalue weighted by Gasteiger charge is 2.15. The summed E-state index contributed by atoms with van der Waals surface area (Å²) in [4.78, 5) is 8.09. The molecule has 0 aliphatic carbocycles. The van der Waals surface area contributed by atoms with E-state index in [9.17, 15) is 8.78 Å². The van der Waals surface area contributed by atoms with E-state index in [0.717, 1.165) is 12.1 Å². The molecular formula is C12H11F2N3. The summed E-state index contributed by atoms with van der Waals surface area (Å²) in [6.45, 7) is 0. The highest BCUT2D eigenvalue weighted by molar-refractivity contribution is 5.27. The zero-order valence-electron chi connectivity index (χ0n) is 9.19. The third-order valence-corrected chi connectivity index (χ3v) is 2.44. The molecule has 0 spiro atoms. The summed E-state index contributed by atoms with van der Waals surface area (Å²) in [7, 11) is 1.72. The van der Waals surface area contributed by atoms with Crippen LogP contribution >= 0.6 is 0 Å². The highest BCUT2D eigenvalue weighted by Crippen LogP contribution is 2.20. The van der Waals surface area contributed by atoms with Crippen LogP contribution in [0.1, 0.15) is 17.3 Å². The Morgan fingerprint density at radius 3 is 2.59 bits per heavy atom. The molecule has 1 unspecified atom stereocenters. The van der Waals surface area contributed by atoms with E-state index in [-0.39, 0.29) is 6.04 Å². The van der Waals surface area contributed by atoms with E-state index in [2.05, 4.69) is 15.3 Å². The number of aromatic nitrogens is 2. The molecule has 1 N–H and O–H groups in total.